The molecule has 0 radical (unpaired) electrons. The minimum absolute atomic E-state index is 0.230. The summed E-state index contributed by atoms with van der Waals surface area (Å²) in [7, 11) is 0. The third kappa shape index (κ3) is 6.77. The first-order chi connectivity index (χ1) is 17.5. The highest BCUT2D eigenvalue weighted by Crippen LogP contribution is 2.49. The van der Waals surface area contributed by atoms with Crippen LogP contribution in [-0.2, 0) is 12.8 Å². The number of aliphatic hydroxyl groups is 3. The molecule has 14 heteroatoms. The molecule has 2 rings (SSSR count). The average Bonchev–Trinajstić information content (AvgIpc) is 3.32. The fourth-order valence-corrected chi connectivity index (χ4v) is 4.41. The van der Waals surface area contributed by atoms with Crippen molar-refractivity contribution in [2.75, 3.05) is 0 Å². The number of aryl methyl sites for hydroxylation is 2. The van der Waals surface area contributed by atoms with Gasteiger partial charge in [0.25, 0.3) is 6.43 Å². The van der Waals surface area contributed by atoms with E-state index in [9.17, 15) is 49.0 Å². The number of alkyl halides is 8. The van der Waals surface area contributed by atoms with Crippen LogP contribution < -0.4 is 0 Å². The Morgan fingerprint density at radius 3 is 1.97 bits per heavy atom. The van der Waals surface area contributed by atoms with Crippen LogP contribution in [0.3, 0.4) is 0 Å². The molecule has 1 aromatic heterocycles. The SMILES string of the molecule is CCC(O)(C(F)=C(F)C=C(c1ccc(CCc2ccc(C(O)O)cc2)s1)C(F)C(F)F)C(F)(F)C(F)(F)F. The van der Waals surface area contributed by atoms with E-state index in [2.05, 4.69) is 0 Å². The van der Waals surface area contributed by atoms with Gasteiger partial charge < -0.3 is 15.3 Å². The Labute approximate surface area is 214 Å². The summed E-state index contributed by atoms with van der Waals surface area (Å²) < 4.78 is 135. The van der Waals surface area contributed by atoms with Crippen molar-refractivity contribution in [2.24, 2.45) is 0 Å². The van der Waals surface area contributed by atoms with Gasteiger partial charge in [0, 0.05) is 20.9 Å². The molecule has 1 aromatic carbocycles. The van der Waals surface area contributed by atoms with Gasteiger partial charge in [-0.15, -0.1) is 11.3 Å². The van der Waals surface area contributed by atoms with Crippen molar-refractivity contribution in [2.45, 2.75) is 62.8 Å². The molecular formula is C24H22F10O3S. The summed E-state index contributed by atoms with van der Waals surface area (Å²) in [5, 5.41) is 28.0. The highest BCUT2D eigenvalue weighted by molar-refractivity contribution is 7.13. The van der Waals surface area contributed by atoms with Gasteiger partial charge in [0.2, 0.25) is 0 Å². The Morgan fingerprint density at radius 1 is 0.921 bits per heavy atom. The van der Waals surface area contributed by atoms with E-state index < -0.39 is 60.2 Å². The van der Waals surface area contributed by atoms with Crippen LogP contribution >= 0.6 is 11.3 Å². The number of hydrogen-bond acceptors (Lipinski definition) is 4. The van der Waals surface area contributed by atoms with Crippen LogP contribution in [-0.4, -0.2) is 45.6 Å². The minimum Gasteiger partial charge on any atom is -0.376 e. The van der Waals surface area contributed by atoms with Gasteiger partial charge in [-0.1, -0.05) is 31.2 Å². The Kier molecular flexibility index (Phi) is 10.2. The summed E-state index contributed by atoms with van der Waals surface area (Å²) in [6.45, 7) is 0.513. The zero-order valence-corrected chi connectivity index (χ0v) is 20.2. The molecule has 0 fully saturated rings. The molecule has 0 aliphatic carbocycles. The van der Waals surface area contributed by atoms with Gasteiger partial charge in [0.05, 0.1) is 0 Å². The van der Waals surface area contributed by atoms with Gasteiger partial charge >= 0.3 is 12.1 Å². The molecule has 2 unspecified atom stereocenters. The molecule has 3 N–H and O–H groups in total. The summed E-state index contributed by atoms with van der Waals surface area (Å²) in [5.74, 6) is -11.7. The van der Waals surface area contributed by atoms with E-state index in [4.69, 9.17) is 10.2 Å². The lowest BCUT2D eigenvalue weighted by atomic mass is 9.89. The quantitative estimate of drug-likeness (QED) is 0.153. The lowest BCUT2D eigenvalue weighted by Crippen LogP contribution is -2.57. The number of halogens is 10. The fourth-order valence-electron chi connectivity index (χ4n) is 3.36. The van der Waals surface area contributed by atoms with E-state index in [1.54, 1.807) is 12.1 Å². The summed E-state index contributed by atoms with van der Waals surface area (Å²) in [4.78, 5) is 0.0642. The second kappa shape index (κ2) is 12.2. The standard InChI is InChI=1S/C24H22F10O3S/c1-2-22(37,23(30,31)24(32,33)34)19(27)16(25)11-15(18(26)20(28)29)17-10-9-14(38-17)8-5-12-3-6-13(7-4-12)21(35)36/h3-4,6-7,9-11,18,20-21,35-37H,2,5,8H2,1H3. The number of thiophene rings is 1. The highest BCUT2D eigenvalue weighted by atomic mass is 32.1. The van der Waals surface area contributed by atoms with E-state index in [1.165, 1.54) is 18.2 Å². The summed E-state index contributed by atoms with van der Waals surface area (Å²) in [6, 6.07) is 8.46. The topological polar surface area (TPSA) is 60.7 Å². The van der Waals surface area contributed by atoms with Crippen molar-refractivity contribution in [3.05, 3.63) is 75.0 Å². The van der Waals surface area contributed by atoms with Crippen LogP contribution in [0.5, 0.6) is 0 Å². The van der Waals surface area contributed by atoms with Gasteiger partial charge in [-0.05, 0) is 43.0 Å². The number of aliphatic hydroxyl groups excluding tert-OH is 1. The third-order valence-corrected chi connectivity index (χ3v) is 6.84. The monoisotopic (exact) mass is 580 g/mol. The second-order valence-corrected chi connectivity index (χ2v) is 9.33. The van der Waals surface area contributed by atoms with Gasteiger partial charge in [0.1, 0.15) is 0 Å². The molecule has 0 bridgehead atoms. The summed E-state index contributed by atoms with van der Waals surface area (Å²) in [6.07, 6.45) is -16.6. The van der Waals surface area contributed by atoms with E-state index in [1.807, 2.05) is 0 Å². The predicted molar refractivity (Wildman–Crippen MR) is 120 cm³/mol. The van der Waals surface area contributed by atoms with E-state index >= 15 is 0 Å². The molecule has 2 aromatic rings. The first-order valence-electron chi connectivity index (χ1n) is 10.9. The molecule has 3 nitrogen and oxygen atoms in total. The van der Waals surface area contributed by atoms with Crippen molar-refractivity contribution in [3.8, 4) is 0 Å². The van der Waals surface area contributed by atoms with Crippen LogP contribution in [0.15, 0.2) is 54.1 Å². The third-order valence-electron chi connectivity index (χ3n) is 5.64. The van der Waals surface area contributed by atoms with Crippen molar-refractivity contribution in [3.63, 3.8) is 0 Å². The molecule has 0 saturated heterocycles. The van der Waals surface area contributed by atoms with Crippen LogP contribution in [0.1, 0.15) is 40.5 Å². The first-order valence-corrected chi connectivity index (χ1v) is 11.7. The predicted octanol–water partition coefficient (Wildman–Crippen LogP) is 6.99. The Balaban J connectivity index is 2.42. The summed E-state index contributed by atoms with van der Waals surface area (Å²) in [5.41, 5.74) is -4.99. The van der Waals surface area contributed by atoms with E-state index in [-0.39, 0.29) is 22.9 Å². The number of allylic oxidation sites excluding steroid dienone is 3. The maximum Gasteiger partial charge on any atom is 0.456 e. The Hall–Kier alpha value is -2.42. The van der Waals surface area contributed by atoms with E-state index in [0.717, 1.165) is 11.6 Å². The number of benzene rings is 1. The normalized spacial score (nSPS) is 16.6. The maximum atomic E-state index is 14.5. The second-order valence-electron chi connectivity index (χ2n) is 8.17. The van der Waals surface area contributed by atoms with Gasteiger partial charge in [0.15, 0.2) is 29.7 Å². The van der Waals surface area contributed by atoms with Crippen molar-refractivity contribution < 1.29 is 59.2 Å². The number of hydrogen-bond donors (Lipinski definition) is 3. The van der Waals surface area contributed by atoms with Crippen LogP contribution in [0, 0.1) is 0 Å². The van der Waals surface area contributed by atoms with Crippen LogP contribution in [0.25, 0.3) is 5.57 Å². The largest absolute Gasteiger partial charge is 0.456 e. The zero-order valence-electron chi connectivity index (χ0n) is 19.4. The van der Waals surface area contributed by atoms with Crippen molar-refractivity contribution in [1.82, 2.24) is 0 Å². The van der Waals surface area contributed by atoms with Crippen molar-refractivity contribution >= 4 is 16.9 Å². The lowest BCUT2D eigenvalue weighted by Gasteiger charge is -2.34. The van der Waals surface area contributed by atoms with Gasteiger partial charge in [-0.2, -0.15) is 22.0 Å². The summed E-state index contributed by atoms with van der Waals surface area (Å²) >= 11 is 0.667. The fraction of sp³-hybridized carbons (Fsp3) is 0.417. The smallest absolute Gasteiger partial charge is 0.376 e. The van der Waals surface area contributed by atoms with Crippen molar-refractivity contribution in [1.29, 1.82) is 0 Å². The van der Waals surface area contributed by atoms with Gasteiger partial charge in [-0.25, -0.2) is 22.0 Å². The Bertz CT molecular complexity index is 1140. The molecule has 0 aliphatic rings. The van der Waals surface area contributed by atoms with Crippen LogP contribution in [0.4, 0.5) is 43.9 Å². The molecule has 38 heavy (non-hydrogen) atoms. The molecule has 1 heterocycles. The molecule has 0 saturated carbocycles. The van der Waals surface area contributed by atoms with E-state index in [0.29, 0.717) is 29.6 Å². The maximum absolute atomic E-state index is 14.5. The number of rotatable bonds is 11. The lowest BCUT2D eigenvalue weighted by molar-refractivity contribution is -0.337. The average molecular weight is 580 g/mol. The van der Waals surface area contributed by atoms with Crippen LogP contribution in [0.2, 0.25) is 0 Å². The first kappa shape index (κ1) is 31.8. The minimum atomic E-state index is -6.49. The van der Waals surface area contributed by atoms with Gasteiger partial charge in [-0.3, -0.25) is 0 Å². The molecule has 0 amide bonds. The molecular weight excluding hydrogens is 558 g/mol. The molecule has 2 atom stereocenters. The zero-order chi connectivity index (χ0) is 29.1. The molecule has 0 spiro atoms. The highest BCUT2D eigenvalue weighted by Gasteiger charge is 2.71. The Morgan fingerprint density at radius 2 is 1.50 bits per heavy atom. The molecule has 0 aliphatic heterocycles. The molecule has 212 valence electrons.